The summed E-state index contributed by atoms with van der Waals surface area (Å²) in [6.07, 6.45) is 1.64. The molecule has 1 rings (SSSR count). The SMILES string of the molecule is C=Cc1ccc(OC(C)=O)c(OC)c1OC. The second kappa shape index (κ2) is 5.21. The third-order valence-corrected chi connectivity index (χ3v) is 1.99. The third kappa shape index (κ3) is 2.34. The number of carbonyl (C=O) groups is 1. The minimum atomic E-state index is -0.410. The van der Waals surface area contributed by atoms with Crippen molar-refractivity contribution >= 4 is 12.0 Å². The molecule has 1 aromatic carbocycles. The highest BCUT2D eigenvalue weighted by molar-refractivity contribution is 5.73. The van der Waals surface area contributed by atoms with Crippen LogP contribution in [0.25, 0.3) is 6.08 Å². The third-order valence-electron chi connectivity index (χ3n) is 1.99. The fourth-order valence-electron chi connectivity index (χ4n) is 1.36. The predicted octanol–water partition coefficient (Wildman–Crippen LogP) is 2.27. The molecule has 0 atom stereocenters. The molecule has 0 saturated heterocycles. The fraction of sp³-hybridized carbons (Fsp3) is 0.250. The summed E-state index contributed by atoms with van der Waals surface area (Å²) in [6.45, 7) is 4.99. The smallest absolute Gasteiger partial charge is 0.308 e. The van der Waals surface area contributed by atoms with Crippen molar-refractivity contribution in [2.45, 2.75) is 6.92 Å². The van der Waals surface area contributed by atoms with Gasteiger partial charge in [0.15, 0.2) is 11.5 Å². The quantitative estimate of drug-likeness (QED) is 0.579. The van der Waals surface area contributed by atoms with Gasteiger partial charge in [-0.05, 0) is 12.1 Å². The zero-order valence-corrected chi connectivity index (χ0v) is 9.57. The Labute approximate surface area is 94.4 Å². The minimum absolute atomic E-state index is 0.331. The summed E-state index contributed by atoms with van der Waals surface area (Å²) in [6, 6.07) is 3.38. The Morgan fingerprint density at radius 3 is 2.31 bits per heavy atom. The molecule has 0 aliphatic rings. The maximum atomic E-state index is 10.9. The molecule has 0 saturated carbocycles. The molecule has 0 radical (unpaired) electrons. The Balaban J connectivity index is 3.30. The van der Waals surface area contributed by atoms with Gasteiger partial charge < -0.3 is 14.2 Å². The predicted molar refractivity (Wildman–Crippen MR) is 60.9 cm³/mol. The first-order valence-corrected chi connectivity index (χ1v) is 4.69. The molecule has 0 spiro atoms. The molecule has 4 heteroatoms. The molecule has 0 fully saturated rings. The van der Waals surface area contributed by atoms with Crippen LogP contribution in [0.2, 0.25) is 0 Å². The Morgan fingerprint density at radius 1 is 1.25 bits per heavy atom. The Kier molecular flexibility index (Phi) is 3.94. The summed E-state index contributed by atoms with van der Waals surface area (Å²) >= 11 is 0. The van der Waals surface area contributed by atoms with Crippen molar-refractivity contribution in [3.05, 3.63) is 24.3 Å². The van der Waals surface area contributed by atoms with Gasteiger partial charge in [-0.1, -0.05) is 12.7 Å². The molecule has 0 aromatic heterocycles. The van der Waals surface area contributed by atoms with Crippen LogP contribution in [0.5, 0.6) is 17.2 Å². The topological polar surface area (TPSA) is 44.8 Å². The molecule has 0 N–H and O–H groups in total. The summed E-state index contributed by atoms with van der Waals surface area (Å²) in [4.78, 5) is 10.9. The van der Waals surface area contributed by atoms with Gasteiger partial charge in [0.2, 0.25) is 5.75 Å². The van der Waals surface area contributed by atoms with Crippen molar-refractivity contribution in [1.82, 2.24) is 0 Å². The maximum Gasteiger partial charge on any atom is 0.308 e. The monoisotopic (exact) mass is 222 g/mol. The summed E-state index contributed by atoms with van der Waals surface area (Å²) in [5, 5.41) is 0. The number of methoxy groups -OCH3 is 2. The number of benzene rings is 1. The molecule has 0 unspecified atom stereocenters. The van der Waals surface area contributed by atoms with Gasteiger partial charge in [0.25, 0.3) is 0 Å². The molecule has 0 aliphatic heterocycles. The zero-order chi connectivity index (χ0) is 12.1. The first-order valence-electron chi connectivity index (χ1n) is 4.69. The van der Waals surface area contributed by atoms with Crippen LogP contribution in [0.3, 0.4) is 0 Å². The van der Waals surface area contributed by atoms with E-state index < -0.39 is 5.97 Å². The lowest BCUT2D eigenvalue weighted by Gasteiger charge is -2.13. The zero-order valence-electron chi connectivity index (χ0n) is 9.57. The van der Waals surface area contributed by atoms with E-state index in [2.05, 4.69) is 6.58 Å². The lowest BCUT2D eigenvalue weighted by Crippen LogP contribution is -2.04. The molecular weight excluding hydrogens is 208 g/mol. The van der Waals surface area contributed by atoms with Crippen molar-refractivity contribution in [1.29, 1.82) is 0 Å². The van der Waals surface area contributed by atoms with Crippen molar-refractivity contribution in [3.8, 4) is 17.2 Å². The molecule has 0 aliphatic carbocycles. The molecule has 4 nitrogen and oxygen atoms in total. The summed E-state index contributed by atoms with van der Waals surface area (Å²) in [5.41, 5.74) is 0.773. The fourth-order valence-corrected chi connectivity index (χ4v) is 1.36. The van der Waals surface area contributed by atoms with E-state index in [-0.39, 0.29) is 0 Å². The summed E-state index contributed by atoms with van der Waals surface area (Å²) in [5.74, 6) is 0.801. The van der Waals surface area contributed by atoms with E-state index in [0.29, 0.717) is 17.2 Å². The molecule has 0 amide bonds. The molecule has 86 valence electrons. The first kappa shape index (κ1) is 12.1. The highest BCUT2D eigenvalue weighted by Crippen LogP contribution is 2.40. The second-order valence-electron chi connectivity index (χ2n) is 3.02. The van der Waals surface area contributed by atoms with Crippen molar-refractivity contribution < 1.29 is 19.0 Å². The van der Waals surface area contributed by atoms with Crippen LogP contribution < -0.4 is 14.2 Å². The molecule has 0 bridgehead atoms. The normalized spacial score (nSPS) is 9.44. The Hall–Kier alpha value is -1.97. The van der Waals surface area contributed by atoms with Gasteiger partial charge in [0, 0.05) is 12.5 Å². The van der Waals surface area contributed by atoms with Gasteiger partial charge in [-0.2, -0.15) is 0 Å². The average molecular weight is 222 g/mol. The highest BCUT2D eigenvalue weighted by atomic mass is 16.6. The number of hydrogen-bond donors (Lipinski definition) is 0. The van der Waals surface area contributed by atoms with Crippen molar-refractivity contribution in [3.63, 3.8) is 0 Å². The van der Waals surface area contributed by atoms with E-state index in [1.54, 1.807) is 18.2 Å². The Morgan fingerprint density at radius 2 is 1.88 bits per heavy atom. The van der Waals surface area contributed by atoms with E-state index in [0.717, 1.165) is 5.56 Å². The van der Waals surface area contributed by atoms with Crippen LogP contribution >= 0.6 is 0 Å². The van der Waals surface area contributed by atoms with Crippen LogP contribution in [0, 0.1) is 0 Å². The van der Waals surface area contributed by atoms with Crippen LogP contribution in [0.4, 0.5) is 0 Å². The molecular formula is C12H14O4. The van der Waals surface area contributed by atoms with Gasteiger partial charge in [0.05, 0.1) is 14.2 Å². The number of esters is 1. The van der Waals surface area contributed by atoms with Gasteiger partial charge in [-0.3, -0.25) is 4.79 Å². The van der Waals surface area contributed by atoms with Crippen molar-refractivity contribution in [2.24, 2.45) is 0 Å². The summed E-state index contributed by atoms with van der Waals surface area (Å²) < 4.78 is 15.4. The van der Waals surface area contributed by atoms with E-state index in [4.69, 9.17) is 14.2 Å². The number of rotatable bonds is 4. The lowest BCUT2D eigenvalue weighted by molar-refractivity contribution is -0.132. The molecule has 0 heterocycles. The van der Waals surface area contributed by atoms with Gasteiger partial charge >= 0.3 is 5.97 Å². The van der Waals surface area contributed by atoms with Crippen molar-refractivity contribution in [2.75, 3.05) is 14.2 Å². The van der Waals surface area contributed by atoms with E-state index in [9.17, 15) is 4.79 Å². The van der Waals surface area contributed by atoms with Crippen LogP contribution in [0.15, 0.2) is 18.7 Å². The van der Waals surface area contributed by atoms with E-state index in [1.165, 1.54) is 21.1 Å². The largest absolute Gasteiger partial charge is 0.492 e. The number of carbonyl (C=O) groups excluding carboxylic acids is 1. The highest BCUT2D eigenvalue weighted by Gasteiger charge is 2.15. The van der Waals surface area contributed by atoms with E-state index >= 15 is 0 Å². The standard InChI is InChI=1S/C12H14O4/c1-5-9-6-7-10(16-8(2)13)12(15-4)11(9)14-3/h5-7H,1H2,2-4H3. The van der Waals surface area contributed by atoms with Crippen LogP contribution in [-0.4, -0.2) is 20.2 Å². The maximum absolute atomic E-state index is 10.9. The van der Waals surface area contributed by atoms with Gasteiger partial charge in [-0.25, -0.2) is 0 Å². The average Bonchev–Trinajstić information content (AvgIpc) is 2.27. The van der Waals surface area contributed by atoms with E-state index in [1.807, 2.05) is 0 Å². The Bertz CT molecular complexity index is 410. The van der Waals surface area contributed by atoms with Gasteiger partial charge in [0.1, 0.15) is 0 Å². The number of ether oxygens (including phenoxy) is 3. The van der Waals surface area contributed by atoms with Crippen LogP contribution in [0.1, 0.15) is 12.5 Å². The molecule has 16 heavy (non-hydrogen) atoms. The summed E-state index contributed by atoms with van der Waals surface area (Å²) in [7, 11) is 3.00. The lowest BCUT2D eigenvalue weighted by atomic mass is 10.1. The van der Waals surface area contributed by atoms with Gasteiger partial charge in [-0.15, -0.1) is 0 Å². The minimum Gasteiger partial charge on any atom is -0.492 e. The number of hydrogen-bond acceptors (Lipinski definition) is 4. The van der Waals surface area contributed by atoms with Crippen LogP contribution in [-0.2, 0) is 4.79 Å². The second-order valence-corrected chi connectivity index (χ2v) is 3.02. The first-order chi connectivity index (χ1) is 7.63. The molecule has 1 aromatic rings.